The number of sulfonamides is 1. The Morgan fingerprint density at radius 2 is 1.95 bits per heavy atom. The van der Waals surface area contributed by atoms with Crippen LogP contribution in [0.2, 0.25) is 0 Å². The lowest BCUT2D eigenvalue weighted by molar-refractivity contribution is -0.139. The first-order valence-electron chi connectivity index (χ1n) is 6.80. The van der Waals surface area contributed by atoms with E-state index in [0.717, 1.165) is 11.3 Å². The Morgan fingerprint density at radius 1 is 1.32 bits per heavy atom. The second-order valence-electron chi connectivity index (χ2n) is 4.86. The van der Waals surface area contributed by atoms with Gasteiger partial charge in [0.05, 0.1) is 13.0 Å². The molecule has 3 N–H and O–H groups in total. The average molecular weight is 348 g/mol. The Bertz CT molecular complexity index is 606. The normalized spacial score (nSPS) is 12.1. The molecule has 124 valence electrons. The van der Waals surface area contributed by atoms with E-state index >= 15 is 0 Å². The minimum Gasteiger partial charge on any atom is -0.481 e. The lowest BCUT2D eigenvalue weighted by Gasteiger charge is -2.31. The minimum absolute atomic E-state index is 0.128. The molecular weight excluding hydrogens is 328 g/mol. The largest absolute Gasteiger partial charge is 0.481 e. The zero-order chi connectivity index (χ0) is 16.8. The molecule has 0 bridgehead atoms. The fraction of sp³-hybridized carbons (Fsp3) is 0.538. The molecule has 9 heteroatoms. The van der Waals surface area contributed by atoms with Gasteiger partial charge in [0.2, 0.25) is 5.91 Å². The molecule has 1 rings (SSSR count). The van der Waals surface area contributed by atoms with Crippen molar-refractivity contribution in [2.45, 2.75) is 42.9 Å². The highest BCUT2D eigenvalue weighted by Gasteiger charge is 2.31. The van der Waals surface area contributed by atoms with Crippen LogP contribution in [-0.2, 0) is 19.6 Å². The van der Waals surface area contributed by atoms with Gasteiger partial charge in [-0.2, -0.15) is 0 Å². The van der Waals surface area contributed by atoms with Crippen LogP contribution in [-0.4, -0.2) is 37.5 Å². The molecule has 0 aliphatic carbocycles. The van der Waals surface area contributed by atoms with Crippen LogP contribution in [0, 0.1) is 0 Å². The Morgan fingerprint density at radius 3 is 2.41 bits per heavy atom. The van der Waals surface area contributed by atoms with Crippen LogP contribution < -0.4 is 10.0 Å². The summed E-state index contributed by atoms with van der Waals surface area (Å²) in [6, 6.07) is 3.04. The van der Waals surface area contributed by atoms with Gasteiger partial charge in [0.25, 0.3) is 10.0 Å². The Labute approximate surface area is 133 Å². The van der Waals surface area contributed by atoms with Crippen LogP contribution in [0.4, 0.5) is 0 Å². The summed E-state index contributed by atoms with van der Waals surface area (Å²) < 4.78 is 26.1. The molecule has 0 fully saturated rings. The minimum atomic E-state index is -3.71. The van der Waals surface area contributed by atoms with Crippen molar-refractivity contribution < 1.29 is 23.1 Å². The van der Waals surface area contributed by atoms with Gasteiger partial charge < -0.3 is 10.4 Å². The summed E-state index contributed by atoms with van der Waals surface area (Å²) in [5.41, 5.74) is -0.864. The summed E-state index contributed by atoms with van der Waals surface area (Å²) in [6.45, 7) is 3.13. The number of nitrogens with one attached hydrogen (secondary N) is 2. The maximum absolute atomic E-state index is 11.9. The fourth-order valence-corrected chi connectivity index (χ4v) is 4.02. The van der Waals surface area contributed by atoms with E-state index in [0.29, 0.717) is 12.8 Å². The monoisotopic (exact) mass is 348 g/mol. The van der Waals surface area contributed by atoms with Gasteiger partial charge in [-0.15, -0.1) is 11.3 Å². The first-order chi connectivity index (χ1) is 10.2. The summed E-state index contributed by atoms with van der Waals surface area (Å²) in [6.07, 6.45) is 0.682. The molecule has 0 radical (unpaired) electrons. The lowest BCUT2D eigenvalue weighted by Crippen LogP contribution is -2.51. The number of amides is 1. The van der Waals surface area contributed by atoms with Crippen LogP contribution in [0.15, 0.2) is 21.7 Å². The Hall–Kier alpha value is -1.45. The van der Waals surface area contributed by atoms with Crippen LogP contribution >= 0.6 is 11.3 Å². The molecule has 0 saturated heterocycles. The maximum Gasteiger partial charge on any atom is 0.305 e. The lowest BCUT2D eigenvalue weighted by atomic mass is 9.89. The highest BCUT2D eigenvalue weighted by atomic mass is 32.2. The van der Waals surface area contributed by atoms with Crippen LogP contribution in [0.5, 0.6) is 0 Å². The van der Waals surface area contributed by atoms with Gasteiger partial charge in [0, 0.05) is 5.54 Å². The van der Waals surface area contributed by atoms with E-state index in [9.17, 15) is 18.0 Å². The summed E-state index contributed by atoms with van der Waals surface area (Å²) in [4.78, 5) is 22.9. The fourth-order valence-electron chi connectivity index (χ4n) is 2.00. The second-order valence-corrected chi connectivity index (χ2v) is 7.80. The standard InChI is InChI=1S/C13H20N2O5S2/c1-3-13(4-2,8-11(17)18)15-10(16)9-14-22(19,20)12-6-5-7-21-12/h5-7,14H,3-4,8-9H2,1-2H3,(H,15,16)(H,17,18). The van der Waals surface area contributed by atoms with Gasteiger partial charge in [-0.05, 0) is 24.3 Å². The van der Waals surface area contributed by atoms with E-state index in [1.165, 1.54) is 6.07 Å². The van der Waals surface area contributed by atoms with Crippen LogP contribution in [0.3, 0.4) is 0 Å². The predicted octanol–water partition coefficient (Wildman–Crippen LogP) is 1.18. The molecule has 7 nitrogen and oxygen atoms in total. The number of hydrogen-bond acceptors (Lipinski definition) is 5. The number of carboxylic acid groups (broad SMARTS) is 1. The van der Waals surface area contributed by atoms with E-state index in [1.807, 2.05) is 0 Å². The first kappa shape index (κ1) is 18.6. The number of rotatable bonds is 9. The second kappa shape index (κ2) is 7.70. The third-order valence-electron chi connectivity index (χ3n) is 3.43. The zero-order valence-electron chi connectivity index (χ0n) is 12.5. The van der Waals surface area contributed by atoms with E-state index in [-0.39, 0.29) is 10.6 Å². The number of aliphatic carboxylic acids is 1. The predicted molar refractivity (Wildman–Crippen MR) is 83.2 cm³/mol. The average Bonchev–Trinajstić information content (AvgIpc) is 2.99. The Balaban J connectivity index is 2.67. The number of thiophene rings is 1. The molecule has 1 heterocycles. The summed E-state index contributed by atoms with van der Waals surface area (Å²) in [7, 11) is -3.71. The molecule has 0 aliphatic heterocycles. The van der Waals surface area contributed by atoms with Gasteiger partial charge in [0.15, 0.2) is 0 Å². The summed E-state index contributed by atoms with van der Waals surface area (Å²) in [5, 5.41) is 13.2. The van der Waals surface area contributed by atoms with Crippen molar-refractivity contribution in [3.63, 3.8) is 0 Å². The molecule has 1 aromatic heterocycles. The molecule has 0 atom stereocenters. The van der Waals surface area contributed by atoms with Crippen molar-refractivity contribution in [1.29, 1.82) is 0 Å². The van der Waals surface area contributed by atoms with Crippen molar-refractivity contribution in [2.75, 3.05) is 6.54 Å². The molecule has 0 unspecified atom stereocenters. The SMILES string of the molecule is CCC(CC)(CC(=O)O)NC(=O)CNS(=O)(=O)c1cccs1. The van der Waals surface area contributed by atoms with Crippen molar-refractivity contribution >= 4 is 33.2 Å². The van der Waals surface area contributed by atoms with E-state index in [1.54, 1.807) is 25.3 Å². The van der Waals surface area contributed by atoms with Crippen LogP contribution in [0.25, 0.3) is 0 Å². The van der Waals surface area contributed by atoms with Crippen molar-refractivity contribution in [3.05, 3.63) is 17.5 Å². The summed E-state index contributed by atoms with van der Waals surface area (Å²) >= 11 is 1.05. The molecule has 0 aromatic carbocycles. The van der Waals surface area contributed by atoms with Crippen molar-refractivity contribution in [3.8, 4) is 0 Å². The molecule has 1 amide bonds. The quantitative estimate of drug-likeness (QED) is 0.620. The first-order valence-corrected chi connectivity index (χ1v) is 9.17. The summed E-state index contributed by atoms with van der Waals surface area (Å²) in [5.74, 6) is -1.56. The van der Waals surface area contributed by atoms with Crippen molar-refractivity contribution in [2.24, 2.45) is 0 Å². The Kier molecular flexibility index (Phi) is 6.51. The number of hydrogen-bond donors (Lipinski definition) is 3. The number of carbonyl (C=O) groups excluding carboxylic acids is 1. The topological polar surface area (TPSA) is 113 Å². The molecule has 0 aliphatic rings. The third-order valence-corrected chi connectivity index (χ3v) is 6.23. The van der Waals surface area contributed by atoms with E-state index < -0.39 is 34.0 Å². The van der Waals surface area contributed by atoms with E-state index in [4.69, 9.17) is 5.11 Å². The van der Waals surface area contributed by atoms with Gasteiger partial charge in [-0.3, -0.25) is 9.59 Å². The van der Waals surface area contributed by atoms with Gasteiger partial charge in [0.1, 0.15) is 4.21 Å². The smallest absolute Gasteiger partial charge is 0.305 e. The molecule has 0 saturated carbocycles. The highest BCUT2D eigenvalue weighted by Crippen LogP contribution is 2.20. The van der Waals surface area contributed by atoms with Crippen molar-refractivity contribution in [1.82, 2.24) is 10.0 Å². The van der Waals surface area contributed by atoms with Crippen LogP contribution in [0.1, 0.15) is 33.1 Å². The molecular formula is C13H20N2O5S2. The van der Waals surface area contributed by atoms with Gasteiger partial charge in [-0.25, -0.2) is 13.1 Å². The maximum atomic E-state index is 11.9. The zero-order valence-corrected chi connectivity index (χ0v) is 14.1. The van der Waals surface area contributed by atoms with E-state index in [2.05, 4.69) is 10.0 Å². The molecule has 22 heavy (non-hydrogen) atoms. The number of carboxylic acids is 1. The third kappa shape index (κ3) is 5.08. The molecule has 1 aromatic rings. The number of carbonyl (C=O) groups is 2. The van der Waals surface area contributed by atoms with Gasteiger partial charge >= 0.3 is 5.97 Å². The molecule has 0 spiro atoms. The van der Waals surface area contributed by atoms with Gasteiger partial charge in [-0.1, -0.05) is 19.9 Å². The highest BCUT2D eigenvalue weighted by molar-refractivity contribution is 7.91.